The van der Waals surface area contributed by atoms with Crippen LogP contribution < -0.4 is 5.32 Å². The van der Waals surface area contributed by atoms with Crippen LogP contribution in [0, 0.1) is 6.92 Å². The Morgan fingerprint density at radius 1 is 1.58 bits per heavy atom. The van der Waals surface area contributed by atoms with Gasteiger partial charge in [-0.15, -0.1) is 5.10 Å². The molecule has 0 amide bonds. The summed E-state index contributed by atoms with van der Waals surface area (Å²) in [4.78, 5) is 16.1. The number of aromatic amines is 1. The number of hydrogen-bond donors (Lipinski definition) is 2. The zero-order chi connectivity index (χ0) is 14.3. The smallest absolute Gasteiger partial charge is 0.326 e. The maximum atomic E-state index is 11.8. The number of ether oxygens (including phenoxy) is 1. The average molecular weight is 286 g/mol. The molecular weight excluding hydrogens is 264 g/mol. The van der Waals surface area contributed by atoms with E-state index in [0.717, 1.165) is 29.6 Å². The predicted molar refractivity (Wildman–Crippen MR) is 75.2 cm³/mol. The van der Waals surface area contributed by atoms with Gasteiger partial charge in [-0.2, -0.15) is 0 Å². The molecule has 0 aromatic carbocycles. The monoisotopic (exact) mass is 286 g/mol. The van der Waals surface area contributed by atoms with Crippen LogP contribution >= 0.6 is 11.8 Å². The van der Waals surface area contributed by atoms with Crippen LogP contribution in [-0.2, 0) is 9.53 Å². The number of H-pyrrole nitrogens is 1. The highest BCUT2D eigenvalue weighted by atomic mass is 32.2. The molecule has 1 aromatic heterocycles. The van der Waals surface area contributed by atoms with Gasteiger partial charge in [-0.3, -0.25) is 9.89 Å². The second kappa shape index (κ2) is 7.49. The molecule has 1 atom stereocenters. The van der Waals surface area contributed by atoms with E-state index in [4.69, 9.17) is 4.74 Å². The summed E-state index contributed by atoms with van der Waals surface area (Å²) in [7, 11) is 1.78. The summed E-state index contributed by atoms with van der Waals surface area (Å²) in [6.07, 6.45) is 1.60. The Bertz CT molecular complexity index is 410. The van der Waals surface area contributed by atoms with Gasteiger partial charge >= 0.3 is 5.97 Å². The van der Waals surface area contributed by atoms with Crippen molar-refractivity contribution in [2.75, 3.05) is 19.4 Å². The fourth-order valence-electron chi connectivity index (χ4n) is 1.60. The van der Waals surface area contributed by atoms with Crippen LogP contribution in [0.3, 0.4) is 0 Å². The number of rotatable bonds is 8. The third-order valence-electron chi connectivity index (χ3n) is 2.91. The van der Waals surface area contributed by atoms with E-state index in [1.54, 1.807) is 18.8 Å². The number of likely N-dealkylation sites (N-methyl/N-ethyl adjacent to an activating group) is 1. The third-order valence-corrected chi connectivity index (χ3v) is 3.84. The standard InChI is InChI=1S/C12H22N4O2S/c1-5-18-10(17)12(3,13-4)7-6-8-19-11-14-9(2)15-16-11/h13H,5-8H2,1-4H3,(H,14,15,16). The summed E-state index contributed by atoms with van der Waals surface area (Å²) in [5.74, 6) is 1.49. The number of carbonyl (C=O) groups is 1. The number of aromatic nitrogens is 3. The molecule has 6 nitrogen and oxygen atoms in total. The Morgan fingerprint density at radius 2 is 2.32 bits per heavy atom. The molecule has 0 fully saturated rings. The summed E-state index contributed by atoms with van der Waals surface area (Å²) in [6, 6.07) is 0. The molecule has 19 heavy (non-hydrogen) atoms. The van der Waals surface area contributed by atoms with Crippen LogP contribution in [0.4, 0.5) is 0 Å². The largest absolute Gasteiger partial charge is 0.465 e. The van der Waals surface area contributed by atoms with Crippen LogP contribution in [0.1, 0.15) is 32.5 Å². The SMILES string of the molecule is CCOC(=O)C(C)(CCCSc1n[nH]c(C)n1)NC. The van der Waals surface area contributed by atoms with Crippen molar-refractivity contribution in [1.29, 1.82) is 0 Å². The van der Waals surface area contributed by atoms with E-state index in [2.05, 4.69) is 20.5 Å². The Kier molecular flexibility index (Phi) is 6.30. The molecule has 108 valence electrons. The first-order valence-corrected chi connectivity index (χ1v) is 7.38. The van der Waals surface area contributed by atoms with Crippen molar-refractivity contribution in [1.82, 2.24) is 20.5 Å². The fraction of sp³-hybridized carbons (Fsp3) is 0.750. The van der Waals surface area contributed by atoms with Gasteiger partial charge in [0, 0.05) is 5.75 Å². The molecule has 0 radical (unpaired) electrons. The topological polar surface area (TPSA) is 79.9 Å². The highest BCUT2D eigenvalue weighted by Gasteiger charge is 2.32. The second-order valence-electron chi connectivity index (χ2n) is 4.46. The number of esters is 1. The molecule has 1 heterocycles. The Morgan fingerprint density at radius 3 is 2.84 bits per heavy atom. The van der Waals surface area contributed by atoms with Crippen molar-refractivity contribution in [2.24, 2.45) is 0 Å². The van der Waals surface area contributed by atoms with Crippen molar-refractivity contribution in [3.05, 3.63) is 5.82 Å². The summed E-state index contributed by atoms with van der Waals surface area (Å²) >= 11 is 1.58. The maximum absolute atomic E-state index is 11.8. The van der Waals surface area contributed by atoms with E-state index in [0.29, 0.717) is 6.61 Å². The van der Waals surface area contributed by atoms with Crippen LogP contribution in [0.2, 0.25) is 0 Å². The molecular formula is C12H22N4O2S. The van der Waals surface area contributed by atoms with Crippen molar-refractivity contribution in [3.8, 4) is 0 Å². The molecule has 1 aromatic rings. The van der Waals surface area contributed by atoms with Crippen molar-refractivity contribution in [3.63, 3.8) is 0 Å². The van der Waals surface area contributed by atoms with E-state index in [-0.39, 0.29) is 5.97 Å². The van der Waals surface area contributed by atoms with Gasteiger partial charge in [-0.25, -0.2) is 4.98 Å². The fourth-order valence-corrected chi connectivity index (χ4v) is 2.38. The van der Waals surface area contributed by atoms with Crippen LogP contribution in [-0.4, -0.2) is 46.1 Å². The lowest BCUT2D eigenvalue weighted by molar-refractivity contribution is -0.150. The minimum absolute atomic E-state index is 0.198. The Balaban J connectivity index is 2.35. The quantitative estimate of drug-likeness (QED) is 0.428. The van der Waals surface area contributed by atoms with Crippen LogP contribution in [0.25, 0.3) is 0 Å². The average Bonchev–Trinajstić information content (AvgIpc) is 2.80. The number of nitrogens with one attached hydrogen (secondary N) is 2. The van der Waals surface area contributed by atoms with Crippen molar-refractivity contribution in [2.45, 2.75) is 44.3 Å². The number of nitrogens with zero attached hydrogens (tertiary/aromatic N) is 2. The van der Waals surface area contributed by atoms with Gasteiger partial charge < -0.3 is 10.1 Å². The minimum Gasteiger partial charge on any atom is -0.465 e. The van der Waals surface area contributed by atoms with E-state index >= 15 is 0 Å². The first-order chi connectivity index (χ1) is 9.01. The summed E-state index contributed by atoms with van der Waals surface area (Å²) in [5.41, 5.74) is -0.620. The highest BCUT2D eigenvalue weighted by molar-refractivity contribution is 7.99. The molecule has 0 aliphatic heterocycles. The number of aryl methyl sites for hydroxylation is 1. The molecule has 0 spiro atoms. The maximum Gasteiger partial charge on any atom is 0.326 e. The summed E-state index contributed by atoms with van der Waals surface area (Å²) in [5, 5.41) is 10.7. The van der Waals surface area contributed by atoms with E-state index in [1.807, 2.05) is 20.8 Å². The molecule has 0 saturated carbocycles. The molecule has 0 aliphatic rings. The van der Waals surface area contributed by atoms with Gasteiger partial charge in [0.05, 0.1) is 6.61 Å². The van der Waals surface area contributed by atoms with E-state index in [1.165, 1.54) is 0 Å². The lowest BCUT2D eigenvalue weighted by Crippen LogP contribution is -2.48. The van der Waals surface area contributed by atoms with E-state index in [9.17, 15) is 4.79 Å². The highest BCUT2D eigenvalue weighted by Crippen LogP contribution is 2.19. The molecule has 7 heteroatoms. The third kappa shape index (κ3) is 4.83. The molecule has 0 aliphatic carbocycles. The lowest BCUT2D eigenvalue weighted by Gasteiger charge is -2.26. The van der Waals surface area contributed by atoms with Crippen molar-refractivity contribution >= 4 is 17.7 Å². The van der Waals surface area contributed by atoms with Crippen LogP contribution in [0.15, 0.2) is 5.16 Å². The predicted octanol–water partition coefficient (Wildman–Crippen LogP) is 1.53. The van der Waals surface area contributed by atoms with Gasteiger partial charge in [0.25, 0.3) is 0 Å². The first kappa shape index (κ1) is 16.0. The Labute approximate surface area is 118 Å². The summed E-state index contributed by atoms with van der Waals surface area (Å²) in [6.45, 7) is 5.96. The summed E-state index contributed by atoms with van der Waals surface area (Å²) < 4.78 is 5.08. The molecule has 1 unspecified atom stereocenters. The first-order valence-electron chi connectivity index (χ1n) is 6.39. The molecule has 1 rings (SSSR count). The minimum atomic E-state index is -0.620. The normalized spacial score (nSPS) is 14.1. The van der Waals surface area contributed by atoms with Gasteiger partial charge in [0.1, 0.15) is 11.4 Å². The number of hydrogen-bond acceptors (Lipinski definition) is 6. The van der Waals surface area contributed by atoms with Gasteiger partial charge in [-0.1, -0.05) is 11.8 Å². The zero-order valence-corrected chi connectivity index (χ0v) is 12.8. The number of carbonyl (C=O) groups excluding carboxylic acids is 1. The molecule has 0 saturated heterocycles. The second-order valence-corrected chi connectivity index (χ2v) is 5.52. The van der Waals surface area contributed by atoms with Gasteiger partial charge in [0.2, 0.25) is 5.16 Å². The Hall–Kier alpha value is -1.08. The lowest BCUT2D eigenvalue weighted by atomic mass is 9.97. The molecule has 2 N–H and O–H groups in total. The van der Waals surface area contributed by atoms with Gasteiger partial charge in [0.15, 0.2) is 0 Å². The number of thioether (sulfide) groups is 1. The van der Waals surface area contributed by atoms with Crippen molar-refractivity contribution < 1.29 is 9.53 Å². The van der Waals surface area contributed by atoms with Crippen LogP contribution in [0.5, 0.6) is 0 Å². The zero-order valence-electron chi connectivity index (χ0n) is 11.9. The van der Waals surface area contributed by atoms with Gasteiger partial charge in [-0.05, 0) is 40.7 Å². The molecule has 0 bridgehead atoms. The van der Waals surface area contributed by atoms with E-state index < -0.39 is 5.54 Å².